The van der Waals surface area contributed by atoms with E-state index in [9.17, 15) is 13.6 Å². The second-order valence-electron chi connectivity index (χ2n) is 4.39. The zero-order valence-electron chi connectivity index (χ0n) is 10.2. The van der Waals surface area contributed by atoms with Crippen LogP contribution in [0.4, 0.5) is 8.78 Å². The van der Waals surface area contributed by atoms with Gasteiger partial charge in [0.25, 0.3) is 12.3 Å². The SMILES string of the molecule is CC(C)C(C)NC(=O)c1ccccc1C(F)F. The number of carbonyl (C=O) groups is 1. The minimum atomic E-state index is -2.63. The molecule has 0 spiro atoms. The van der Waals surface area contributed by atoms with Crippen molar-refractivity contribution in [2.24, 2.45) is 5.92 Å². The van der Waals surface area contributed by atoms with E-state index in [1.54, 1.807) is 6.07 Å². The van der Waals surface area contributed by atoms with Gasteiger partial charge in [-0.2, -0.15) is 0 Å². The molecule has 94 valence electrons. The van der Waals surface area contributed by atoms with Crippen LogP contribution in [0.2, 0.25) is 0 Å². The molecule has 1 aromatic carbocycles. The average molecular weight is 241 g/mol. The standard InChI is InChI=1S/C13H17F2NO/c1-8(2)9(3)16-13(17)11-7-5-4-6-10(11)12(14)15/h4-9,12H,1-3H3,(H,16,17). The van der Waals surface area contributed by atoms with Gasteiger partial charge in [0.2, 0.25) is 0 Å². The van der Waals surface area contributed by atoms with Crippen LogP contribution in [0.25, 0.3) is 0 Å². The second-order valence-corrected chi connectivity index (χ2v) is 4.39. The molecule has 1 rings (SSSR count). The molecule has 1 atom stereocenters. The molecule has 1 amide bonds. The average Bonchev–Trinajstić information content (AvgIpc) is 2.28. The molecule has 1 aromatic rings. The molecule has 0 saturated heterocycles. The zero-order valence-corrected chi connectivity index (χ0v) is 10.2. The molecule has 0 aliphatic heterocycles. The van der Waals surface area contributed by atoms with Crippen LogP contribution in [0, 0.1) is 5.92 Å². The van der Waals surface area contributed by atoms with Gasteiger partial charge in [-0.15, -0.1) is 0 Å². The van der Waals surface area contributed by atoms with Crippen molar-refractivity contribution < 1.29 is 13.6 Å². The lowest BCUT2D eigenvalue weighted by Gasteiger charge is -2.18. The highest BCUT2D eigenvalue weighted by Gasteiger charge is 2.19. The van der Waals surface area contributed by atoms with Crippen LogP contribution < -0.4 is 5.32 Å². The summed E-state index contributed by atoms with van der Waals surface area (Å²) in [6.45, 7) is 5.78. The molecule has 0 saturated carbocycles. The number of rotatable bonds is 4. The van der Waals surface area contributed by atoms with E-state index in [0.717, 1.165) is 0 Å². The molecule has 0 aromatic heterocycles. The Morgan fingerprint density at radius 2 is 1.76 bits per heavy atom. The Balaban J connectivity index is 2.89. The van der Waals surface area contributed by atoms with Crippen LogP contribution in [-0.2, 0) is 0 Å². The first-order chi connectivity index (χ1) is 7.93. The van der Waals surface area contributed by atoms with Crippen LogP contribution in [0.3, 0.4) is 0 Å². The van der Waals surface area contributed by atoms with Gasteiger partial charge in [-0.3, -0.25) is 4.79 Å². The van der Waals surface area contributed by atoms with Gasteiger partial charge < -0.3 is 5.32 Å². The molecule has 1 unspecified atom stereocenters. The molecule has 17 heavy (non-hydrogen) atoms. The van der Waals surface area contributed by atoms with Crippen LogP contribution in [-0.4, -0.2) is 11.9 Å². The topological polar surface area (TPSA) is 29.1 Å². The number of benzene rings is 1. The number of alkyl halides is 2. The first-order valence-electron chi connectivity index (χ1n) is 5.61. The van der Waals surface area contributed by atoms with Crippen molar-refractivity contribution in [3.63, 3.8) is 0 Å². The van der Waals surface area contributed by atoms with Crippen LogP contribution in [0.1, 0.15) is 43.1 Å². The Kier molecular flexibility index (Phi) is 4.61. The highest BCUT2D eigenvalue weighted by molar-refractivity contribution is 5.95. The summed E-state index contributed by atoms with van der Waals surface area (Å²) in [4.78, 5) is 11.8. The Hall–Kier alpha value is -1.45. The van der Waals surface area contributed by atoms with E-state index in [-0.39, 0.29) is 23.1 Å². The number of hydrogen-bond acceptors (Lipinski definition) is 1. The molecule has 4 heteroatoms. The second kappa shape index (κ2) is 5.75. The number of hydrogen-bond donors (Lipinski definition) is 1. The number of halogens is 2. The van der Waals surface area contributed by atoms with E-state index in [4.69, 9.17) is 0 Å². The fraction of sp³-hybridized carbons (Fsp3) is 0.462. The van der Waals surface area contributed by atoms with Crippen LogP contribution in [0.15, 0.2) is 24.3 Å². The molecule has 0 radical (unpaired) electrons. The zero-order chi connectivity index (χ0) is 13.0. The van der Waals surface area contributed by atoms with Crippen LogP contribution >= 0.6 is 0 Å². The van der Waals surface area contributed by atoms with Gasteiger partial charge in [-0.25, -0.2) is 8.78 Å². The molecule has 0 aliphatic carbocycles. The van der Waals surface area contributed by atoms with Crippen molar-refractivity contribution in [3.05, 3.63) is 35.4 Å². The van der Waals surface area contributed by atoms with Crippen molar-refractivity contribution in [1.29, 1.82) is 0 Å². The van der Waals surface area contributed by atoms with Crippen molar-refractivity contribution in [3.8, 4) is 0 Å². The van der Waals surface area contributed by atoms with Gasteiger partial charge >= 0.3 is 0 Å². The van der Waals surface area contributed by atoms with Gasteiger partial charge in [0.15, 0.2) is 0 Å². The third-order valence-corrected chi connectivity index (χ3v) is 2.80. The molecule has 0 fully saturated rings. The first-order valence-corrected chi connectivity index (χ1v) is 5.61. The van der Waals surface area contributed by atoms with E-state index in [1.165, 1.54) is 18.2 Å². The predicted molar refractivity (Wildman–Crippen MR) is 63.2 cm³/mol. The third-order valence-electron chi connectivity index (χ3n) is 2.80. The van der Waals surface area contributed by atoms with Gasteiger partial charge in [-0.1, -0.05) is 32.0 Å². The van der Waals surface area contributed by atoms with Crippen molar-refractivity contribution in [2.75, 3.05) is 0 Å². The molecular formula is C13H17F2NO. The Bertz CT molecular complexity index is 391. The van der Waals surface area contributed by atoms with Gasteiger partial charge in [0.1, 0.15) is 0 Å². The number of amides is 1. The van der Waals surface area contributed by atoms with Crippen molar-refractivity contribution >= 4 is 5.91 Å². The van der Waals surface area contributed by atoms with Crippen molar-refractivity contribution in [1.82, 2.24) is 5.32 Å². The van der Waals surface area contributed by atoms with E-state index >= 15 is 0 Å². The Labute approximate surface area is 100 Å². The summed E-state index contributed by atoms with van der Waals surface area (Å²) in [5.74, 6) is -0.181. The monoisotopic (exact) mass is 241 g/mol. The fourth-order valence-electron chi connectivity index (χ4n) is 1.35. The van der Waals surface area contributed by atoms with Gasteiger partial charge in [0.05, 0.1) is 0 Å². The predicted octanol–water partition coefficient (Wildman–Crippen LogP) is 3.40. The maximum Gasteiger partial charge on any atom is 0.264 e. The highest BCUT2D eigenvalue weighted by Crippen LogP contribution is 2.22. The lowest BCUT2D eigenvalue weighted by atomic mass is 10.0. The van der Waals surface area contributed by atoms with E-state index in [0.29, 0.717) is 0 Å². The minimum absolute atomic E-state index is 0.0479. The molecule has 1 N–H and O–H groups in total. The lowest BCUT2D eigenvalue weighted by molar-refractivity contribution is 0.0917. The van der Waals surface area contributed by atoms with Gasteiger partial charge in [-0.05, 0) is 18.9 Å². The largest absolute Gasteiger partial charge is 0.349 e. The maximum atomic E-state index is 12.7. The van der Waals surface area contributed by atoms with E-state index < -0.39 is 12.3 Å². The first kappa shape index (κ1) is 13.6. The molecule has 0 bridgehead atoms. The molecule has 0 aliphatic rings. The summed E-state index contributed by atoms with van der Waals surface area (Å²) in [5.41, 5.74) is -0.170. The van der Waals surface area contributed by atoms with Crippen LogP contribution in [0.5, 0.6) is 0 Å². The maximum absolute atomic E-state index is 12.7. The lowest BCUT2D eigenvalue weighted by Crippen LogP contribution is -2.36. The fourth-order valence-corrected chi connectivity index (χ4v) is 1.35. The third kappa shape index (κ3) is 3.51. The highest BCUT2D eigenvalue weighted by atomic mass is 19.3. The number of carbonyl (C=O) groups excluding carboxylic acids is 1. The van der Waals surface area contributed by atoms with E-state index in [1.807, 2.05) is 20.8 Å². The summed E-state index contributed by atoms with van der Waals surface area (Å²) in [6.07, 6.45) is -2.63. The summed E-state index contributed by atoms with van der Waals surface area (Å²) in [7, 11) is 0. The quantitative estimate of drug-likeness (QED) is 0.860. The normalized spacial score (nSPS) is 12.9. The molecular weight excluding hydrogens is 224 g/mol. The summed E-state index contributed by atoms with van der Waals surface area (Å²) < 4.78 is 25.4. The summed E-state index contributed by atoms with van der Waals surface area (Å²) in [6, 6.07) is 5.74. The minimum Gasteiger partial charge on any atom is -0.349 e. The Morgan fingerprint density at radius 3 is 2.29 bits per heavy atom. The van der Waals surface area contributed by atoms with Gasteiger partial charge in [0, 0.05) is 17.2 Å². The summed E-state index contributed by atoms with van der Waals surface area (Å²) in [5, 5.41) is 2.72. The van der Waals surface area contributed by atoms with E-state index in [2.05, 4.69) is 5.32 Å². The molecule has 2 nitrogen and oxygen atoms in total. The molecule has 0 heterocycles. The number of nitrogens with one attached hydrogen (secondary N) is 1. The summed E-state index contributed by atoms with van der Waals surface area (Å²) >= 11 is 0. The Morgan fingerprint density at radius 1 is 1.18 bits per heavy atom. The van der Waals surface area contributed by atoms with Crippen molar-refractivity contribution in [2.45, 2.75) is 33.2 Å². The smallest absolute Gasteiger partial charge is 0.264 e.